The van der Waals surface area contributed by atoms with Gasteiger partial charge in [0.2, 0.25) is 12.6 Å². The highest BCUT2D eigenvalue weighted by atomic mass is 32.2. The van der Waals surface area contributed by atoms with Gasteiger partial charge in [0, 0.05) is 42.0 Å². The maximum atomic E-state index is 13.9. The lowest BCUT2D eigenvalue weighted by molar-refractivity contribution is -0.247. The van der Waals surface area contributed by atoms with E-state index in [1.54, 1.807) is 0 Å². The third-order valence-corrected chi connectivity index (χ3v) is 9.25. The summed E-state index contributed by atoms with van der Waals surface area (Å²) in [5.74, 6) is -5.23. The normalized spacial score (nSPS) is 27.9. The molecule has 6 N–H and O–H groups in total. The van der Waals surface area contributed by atoms with Crippen LogP contribution in [0.25, 0.3) is 0 Å². The van der Waals surface area contributed by atoms with Crippen LogP contribution in [0.3, 0.4) is 0 Å². The number of fused-ring (bicyclic) bond motifs is 3. The van der Waals surface area contributed by atoms with E-state index >= 15 is 0 Å². The van der Waals surface area contributed by atoms with E-state index in [0.717, 1.165) is 25.1 Å². The predicted octanol–water partition coefficient (Wildman–Crippen LogP) is 1.22. The number of aliphatic hydroxyl groups excluding tert-OH is 1. The molecule has 5 rings (SSSR count). The number of aromatic hydroxyl groups is 2. The molecule has 0 aromatic heterocycles. The first-order valence-corrected chi connectivity index (χ1v) is 15.1. The van der Waals surface area contributed by atoms with Crippen LogP contribution in [0.15, 0.2) is 18.2 Å². The number of hydrogen-bond acceptors (Lipinski definition) is 14. The van der Waals surface area contributed by atoms with Crippen molar-refractivity contribution in [3.05, 3.63) is 51.6 Å². The average Bonchev–Trinajstić information content (AvgIpc) is 2.95. The van der Waals surface area contributed by atoms with Crippen molar-refractivity contribution in [2.75, 3.05) is 6.79 Å². The number of phenols is 2. The highest BCUT2D eigenvalue weighted by Gasteiger charge is 2.50. The standard InChI is InChI=1S/C28H28F3NO13S/c1-10-22(34)14(32)6-17(44-10)45-16-8-27(39,11(2)33)7-13-19(16)26(38)21-20(24(13)36)23(35)12-4-3-5-15(18(12)25(21)37)42-9-43-46(40,41)28(29,30)31/h3-5,10,14,16-17,22,34,36,38-39H,6-9,32H2,1-2H3/t10?,14?,16-,17?,22?,27-/m0/s1. The SMILES string of the molecule is CC(=O)[C@]1(O)Cc2c(O)c3c(c(O)c2[C@@H](OC2CC(N)C(O)C(C)O2)C1)C(=O)c1c(OCOS(=O)(=O)C(F)(F)F)cccc1C3=O. The summed E-state index contributed by atoms with van der Waals surface area (Å²) in [6, 6.07) is 2.50. The van der Waals surface area contributed by atoms with Gasteiger partial charge >= 0.3 is 15.6 Å². The van der Waals surface area contributed by atoms with Gasteiger partial charge in [-0.3, -0.25) is 14.4 Å². The molecule has 2 aliphatic carbocycles. The Morgan fingerprint density at radius 1 is 1.13 bits per heavy atom. The lowest BCUT2D eigenvalue weighted by Gasteiger charge is -2.42. The molecule has 2 aromatic carbocycles. The number of ketones is 3. The molecule has 2 aromatic rings. The van der Waals surface area contributed by atoms with Gasteiger partial charge in [0.15, 0.2) is 17.9 Å². The second-order valence-electron chi connectivity index (χ2n) is 11.2. The fourth-order valence-corrected chi connectivity index (χ4v) is 6.14. The summed E-state index contributed by atoms with van der Waals surface area (Å²) in [7, 11) is -6.07. The Morgan fingerprint density at radius 2 is 1.78 bits per heavy atom. The Hall–Kier alpha value is -3.65. The van der Waals surface area contributed by atoms with Crippen molar-refractivity contribution < 1.29 is 74.8 Å². The molecule has 3 aliphatic rings. The van der Waals surface area contributed by atoms with Crippen molar-refractivity contribution >= 4 is 27.5 Å². The number of carbonyl (C=O) groups is 3. The van der Waals surface area contributed by atoms with Gasteiger partial charge in [0.1, 0.15) is 22.8 Å². The molecule has 4 unspecified atom stereocenters. The van der Waals surface area contributed by atoms with Crippen LogP contribution in [-0.2, 0) is 35.0 Å². The molecular weight excluding hydrogens is 647 g/mol. The Kier molecular flexibility index (Phi) is 8.46. The van der Waals surface area contributed by atoms with Gasteiger partial charge in [-0.2, -0.15) is 21.6 Å². The van der Waals surface area contributed by atoms with Gasteiger partial charge in [-0.25, -0.2) is 4.18 Å². The topological polar surface area (TPSA) is 229 Å². The van der Waals surface area contributed by atoms with Crippen molar-refractivity contribution in [2.45, 2.75) is 74.9 Å². The van der Waals surface area contributed by atoms with Crippen LogP contribution in [0.5, 0.6) is 17.2 Å². The van der Waals surface area contributed by atoms with Crippen molar-refractivity contribution in [2.24, 2.45) is 5.73 Å². The van der Waals surface area contributed by atoms with Gasteiger partial charge in [-0.05, 0) is 19.9 Å². The Morgan fingerprint density at radius 3 is 2.39 bits per heavy atom. The van der Waals surface area contributed by atoms with Gasteiger partial charge in [0.05, 0.1) is 35.0 Å². The second-order valence-corrected chi connectivity index (χ2v) is 12.8. The van der Waals surface area contributed by atoms with Crippen molar-refractivity contribution in [1.82, 2.24) is 0 Å². The number of aliphatic hydroxyl groups is 2. The summed E-state index contributed by atoms with van der Waals surface area (Å²) in [4.78, 5) is 40.0. The van der Waals surface area contributed by atoms with Gasteiger partial charge < -0.3 is 40.4 Å². The lowest BCUT2D eigenvalue weighted by Crippen LogP contribution is -2.52. The minimum Gasteiger partial charge on any atom is -0.507 e. The van der Waals surface area contributed by atoms with E-state index in [2.05, 4.69) is 4.18 Å². The lowest BCUT2D eigenvalue weighted by atomic mass is 9.72. The first kappa shape index (κ1) is 33.7. The van der Waals surface area contributed by atoms with Crippen LogP contribution < -0.4 is 10.5 Å². The van der Waals surface area contributed by atoms with Crippen LogP contribution in [0.1, 0.15) is 75.8 Å². The summed E-state index contributed by atoms with van der Waals surface area (Å²) < 4.78 is 81.0. The van der Waals surface area contributed by atoms with E-state index in [4.69, 9.17) is 19.9 Å². The summed E-state index contributed by atoms with van der Waals surface area (Å²) in [5, 5.41) is 44.3. The zero-order valence-corrected chi connectivity index (χ0v) is 24.8. The molecule has 250 valence electrons. The molecule has 46 heavy (non-hydrogen) atoms. The number of hydrogen-bond donors (Lipinski definition) is 5. The summed E-state index contributed by atoms with van der Waals surface area (Å²) in [5.41, 5.74) is -4.93. The van der Waals surface area contributed by atoms with E-state index in [1.807, 2.05) is 0 Å². The fraction of sp³-hybridized carbons (Fsp3) is 0.464. The molecule has 1 saturated heterocycles. The van der Waals surface area contributed by atoms with E-state index < -0.39 is 128 Å². The van der Waals surface area contributed by atoms with Crippen molar-refractivity contribution in [1.29, 1.82) is 0 Å². The van der Waals surface area contributed by atoms with Crippen LogP contribution in [0.2, 0.25) is 0 Å². The van der Waals surface area contributed by atoms with E-state index in [-0.39, 0.29) is 17.5 Å². The van der Waals surface area contributed by atoms with Crippen molar-refractivity contribution in [3.63, 3.8) is 0 Å². The van der Waals surface area contributed by atoms with E-state index in [1.165, 1.54) is 6.92 Å². The van der Waals surface area contributed by atoms with Gasteiger partial charge in [0.25, 0.3) is 0 Å². The molecule has 0 bridgehead atoms. The van der Waals surface area contributed by atoms with Gasteiger partial charge in [-0.15, -0.1) is 0 Å². The monoisotopic (exact) mass is 675 g/mol. The number of Topliss-reactive ketones (excluding diaryl/α,β-unsaturated/α-hetero) is 1. The number of rotatable bonds is 7. The molecule has 1 fully saturated rings. The van der Waals surface area contributed by atoms with Crippen LogP contribution in [-0.4, -0.2) is 88.6 Å². The highest BCUT2D eigenvalue weighted by Crippen LogP contribution is 2.52. The molecule has 1 aliphatic heterocycles. The predicted molar refractivity (Wildman–Crippen MR) is 145 cm³/mol. The largest absolute Gasteiger partial charge is 0.523 e. The summed E-state index contributed by atoms with van der Waals surface area (Å²) >= 11 is 0. The van der Waals surface area contributed by atoms with Crippen LogP contribution >= 0.6 is 0 Å². The Balaban J connectivity index is 1.59. The first-order chi connectivity index (χ1) is 21.3. The molecule has 6 atom stereocenters. The molecule has 18 heteroatoms. The molecule has 1 heterocycles. The minimum atomic E-state index is -6.07. The summed E-state index contributed by atoms with van der Waals surface area (Å²) in [6.07, 6.45) is -5.59. The van der Waals surface area contributed by atoms with E-state index in [9.17, 15) is 56.4 Å². The summed E-state index contributed by atoms with van der Waals surface area (Å²) in [6.45, 7) is 1.06. The minimum absolute atomic E-state index is 0.0643. The number of alkyl halides is 3. The molecule has 0 spiro atoms. The fourth-order valence-electron chi connectivity index (χ4n) is 5.83. The number of carbonyl (C=O) groups excluding carboxylic acids is 3. The Labute approximate surface area is 258 Å². The van der Waals surface area contributed by atoms with Crippen molar-refractivity contribution in [3.8, 4) is 17.2 Å². The number of ether oxygens (including phenoxy) is 3. The molecule has 14 nitrogen and oxygen atoms in total. The maximum Gasteiger partial charge on any atom is 0.523 e. The van der Waals surface area contributed by atoms with E-state index in [0.29, 0.717) is 0 Å². The number of phenolic OH excluding ortho intramolecular Hbond substituents is 2. The third-order valence-electron chi connectivity index (χ3n) is 8.28. The highest BCUT2D eigenvalue weighted by molar-refractivity contribution is 7.87. The number of benzene rings is 2. The average molecular weight is 676 g/mol. The number of halogens is 3. The molecule has 0 radical (unpaired) electrons. The third kappa shape index (κ3) is 5.52. The van der Waals surface area contributed by atoms with Crippen LogP contribution in [0, 0.1) is 0 Å². The van der Waals surface area contributed by atoms with Crippen LogP contribution in [0.4, 0.5) is 13.2 Å². The first-order valence-electron chi connectivity index (χ1n) is 13.7. The molecule has 0 saturated carbocycles. The zero-order valence-electron chi connectivity index (χ0n) is 24.0. The number of nitrogens with two attached hydrogens (primary N) is 1. The zero-order chi connectivity index (χ0) is 34.1. The molecular formula is C28H28F3NO13S. The Bertz CT molecular complexity index is 1730. The quantitative estimate of drug-likeness (QED) is 0.103. The maximum absolute atomic E-state index is 13.9. The second kappa shape index (κ2) is 11.5. The molecule has 0 amide bonds. The smallest absolute Gasteiger partial charge is 0.507 e. The van der Waals surface area contributed by atoms with Gasteiger partial charge in [-0.1, -0.05) is 12.1 Å².